The minimum absolute atomic E-state index is 0.0666. The van der Waals surface area contributed by atoms with Gasteiger partial charge in [-0.3, -0.25) is 23.7 Å². The molecule has 13 nitrogen and oxygen atoms in total. The highest BCUT2D eigenvalue weighted by atomic mass is 19.1. The third kappa shape index (κ3) is 7.31. The zero-order valence-electron chi connectivity index (χ0n) is 29.7. The molecule has 208 valence electrons. The molecule has 0 aliphatic heterocycles. The second-order valence-electron chi connectivity index (χ2n) is 7.96. The minimum atomic E-state index is -3.93. The average molecular weight is 554 g/mol. The Balaban J connectivity index is 2.37. The number of aromatic nitrogens is 4. The number of hydrogen-bond donors (Lipinski definition) is 2. The van der Waals surface area contributed by atoms with E-state index in [1.807, 2.05) is 0 Å². The van der Waals surface area contributed by atoms with Crippen LogP contribution in [0.15, 0.2) is 33.5 Å². The lowest BCUT2D eigenvalue weighted by atomic mass is 10.0. The monoisotopic (exact) mass is 553 g/mol. The third-order valence-electron chi connectivity index (χ3n) is 4.94. The predicted octanol–water partition coefficient (Wildman–Crippen LogP) is 1.19. The summed E-state index contributed by atoms with van der Waals surface area (Å²) in [5.41, 5.74) is -6.46. The summed E-state index contributed by atoms with van der Waals surface area (Å²) < 4.78 is 102. The van der Waals surface area contributed by atoms with E-state index in [1.165, 1.54) is 26.2 Å². The molecule has 0 atom stereocenters. The summed E-state index contributed by atoms with van der Waals surface area (Å²) in [4.78, 5) is 56.8. The molecule has 0 saturated heterocycles. The normalized spacial score (nSPS) is 15.6. The summed E-state index contributed by atoms with van der Waals surface area (Å²) in [7, 11) is 1.30. The van der Waals surface area contributed by atoms with Gasteiger partial charge in [-0.15, -0.1) is 10.2 Å². The van der Waals surface area contributed by atoms with Crippen molar-refractivity contribution in [3.05, 3.63) is 69.3 Å². The Morgan fingerprint density at radius 3 is 2.54 bits per heavy atom. The van der Waals surface area contributed by atoms with Crippen LogP contribution in [0.1, 0.15) is 70.9 Å². The highest BCUT2D eigenvalue weighted by Gasteiger charge is 2.33. The summed E-state index contributed by atoms with van der Waals surface area (Å²) >= 11 is 0. The molecular formula is C25H29FN6O7. The van der Waals surface area contributed by atoms with Crippen molar-refractivity contribution in [2.45, 2.75) is 39.1 Å². The van der Waals surface area contributed by atoms with E-state index in [1.54, 1.807) is 5.32 Å². The maximum Gasteiger partial charge on any atom is 0.309 e. The highest BCUT2D eigenvalue weighted by Crippen LogP contribution is 2.21. The summed E-state index contributed by atoms with van der Waals surface area (Å²) in [6.07, 6.45) is -0.232. The summed E-state index contributed by atoms with van der Waals surface area (Å²) in [6, 6.07) is 4.72. The molecule has 2 amide bonds. The number of nitrogens with one attached hydrogen (secondary N) is 2. The van der Waals surface area contributed by atoms with Gasteiger partial charge in [0, 0.05) is 46.3 Å². The van der Waals surface area contributed by atoms with Crippen LogP contribution >= 0.6 is 0 Å². The molecule has 0 aliphatic carbocycles. The molecule has 0 spiro atoms. The Morgan fingerprint density at radius 1 is 1.18 bits per heavy atom. The van der Waals surface area contributed by atoms with Gasteiger partial charge in [-0.2, -0.15) is 0 Å². The van der Waals surface area contributed by atoms with Gasteiger partial charge in [0.25, 0.3) is 11.5 Å². The SMILES string of the molecule is [2H]C([2H])([2H])n1c(C(NC(=O)c2nnc(C)o2)(C([2H])([2H])[2H])C([2H])([2H])[2H])nc(C(=O)NCc2ccc(F)cc2)c(OCC(=O)CCOC)c1=O. The van der Waals surface area contributed by atoms with Crippen LogP contribution < -0.4 is 20.9 Å². The smallest absolute Gasteiger partial charge is 0.309 e. The first kappa shape index (κ1) is 18.7. The first-order valence-corrected chi connectivity index (χ1v) is 11.1. The number of ketones is 1. The fraction of sp³-hybridized carbons (Fsp3) is 0.400. The minimum Gasteiger partial charge on any atom is -0.478 e. The Bertz CT molecular complexity index is 1710. The summed E-state index contributed by atoms with van der Waals surface area (Å²) in [5, 5.41) is 10.8. The number of carbonyl (C=O) groups is 3. The fourth-order valence-electron chi connectivity index (χ4n) is 3.02. The van der Waals surface area contributed by atoms with Crippen molar-refractivity contribution in [1.29, 1.82) is 0 Å². The van der Waals surface area contributed by atoms with E-state index in [-0.39, 0.29) is 30.0 Å². The molecule has 0 bridgehead atoms. The quantitative estimate of drug-likeness (QED) is 0.332. The van der Waals surface area contributed by atoms with Crippen LogP contribution in [0.5, 0.6) is 5.75 Å². The lowest BCUT2D eigenvalue weighted by Crippen LogP contribution is -2.46. The number of Topliss-reactive ketones (excluding diaryl/α,β-unsaturated/α-hetero) is 1. The lowest BCUT2D eigenvalue weighted by Gasteiger charge is -2.27. The molecule has 39 heavy (non-hydrogen) atoms. The van der Waals surface area contributed by atoms with E-state index >= 15 is 0 Å². The van der Waals surface area contributed by atoms with Crippen molar-refractivity contribution in [3.63, 3.8) is 0 Å². The van der Waals surface area contributed by atoms with Gasteiger partial charge in [0.05, 0.1) is 12.1 Å². The van der Waals surface area contributed by atoms with Crippen LogP contribution in [0.2, 0.25) is 0 Å². The van der Waals surface area contributed by atoms with Crippen LogP contribution in [0.25, 0.3) is 0 Å². The van der Waals surface area contributed by atoms with E-state index in [4.69, 9.17) is 26.2 Å². The molecule has 14 heteroatoms. The molecule has 2 N–H and O–H groups in total. The van der Waals surface area contributed by atoms with Gasteiger partial charge in [0.1, 0.15) is 18.2 Å². The summed E-state index contributed by atoms with van der Waals surface area (Å²) in [5.74, 6) is -8.13. The van der Waals surface area contributed by atoms with E-state index in [0.29, 0.717) is 5.56 Å². The van der Waals surface area contributed by atoms with Gasteiger partial charge in [-0.05, 0) is 31.4 Å². The number of ether oxygens (including phenoxy) is 2. The molecule has 0 saturated carbocycles. The maximum absolute atomic E-state index is 13.9. The van der Waals surface area contributed by atoms with Crippen LogP contribution in [-0.2, 0) is 28.6 Å². The molecule has 2 aromatic heterocycles. The molecule has 3 rings (SSSR count). The molecule has 0 unspecified atom stereocenters. The average Bonchev–Trinajstić information content (AvgIpc) is 3.41. The topological polar surface area (TPSA) is 168 Å². The van der Waals surface area contributed by atoms with E-state index in [0.717, 1.165) is 12.1 Å². The number of nitrogens with zero attached hydrogens (tertiary/aromatic N) is 4. The second-order valence-corrected chi connectivity index (χ2v) is 7.96. The zero-order chi connectivity index (χ0) is 36.2. The zero-order valence-corrected chi connectivity index (χ0v) is 20.7. The fourth-order valence-corrected chi connectivity index (χ4v) is 3.02. The molecule has 0 radical (unpaired) electrons. The number of methoxy groups -OCH3 is 1. The van der Waals surface area contributed by atoms with Crippen molar-refractivity contribution in [2.75, 3.05) is 20.3 Å². The molecule has 0 fully saturated rings. The first-order chi connectivity index (χ1) is 22.1. The Labute approximate surface area is 235 Å². The van der Waals surface area contributed by atoms with Gasteiger partial charge >= 0.3 is 11.8 Å². The second kappa shape index (κ2) is 12.4. The molecule has 3 aromatic rings. The standard InChI is InChI=1S/C25H29FN6O7/c1-14-30-31-22(39-14)21(35)29-25(2,3)24-28-18(20(34)27-12-15-6-8-16(26)9-7-15)19(23(36)32(24)4)38-13-17(33)10-11-37-5/h6-9H,10-13H2,1-5H3,(H,27,34)(H,29,35)/i2D3,3D3,4D3. The van der Waals surface area contributed by atoms with Crippen molar-refractivity contribution in [2.24, 2.45) is 6.98 Å². The van der Waals surface area contributed by atoms with Crippen molar-refractivity contribution < 1.29 is 45.0 Å². The van der Waals surface area contributed by atoms with E-state index < -0.39 is 85.0 Å². The van der Waals surface area contributed by atoms with Crippen LogP contribution in [0.4, 0.5) is 4.39 Å². The van der Waals surface area contributed by atoms with E-state index in [9.17, 15) is 23.6 Å². The molecule has 2 heterocycles. The van der Waals surface area contributed by atoms with Gasteiger partial charge < -0.3 is 24.5 Å². The van der Waals surface area contributed by atoms with Gasteiger partial charge in [0.15, 0.2) is 11.5 Å². The number of carbonyl (C=O) groups excluding carboxylic acids is 3. The largest absolute Gasteiger partial charge is 0.478 e. The Hall–Kier alpha value is -4.46. The Kier molecular flexibility index (Phi) is 5.95. The molecular weight excluding hydrogens is 515 g/mol. The number of aryl methyl sites for hydroxylation is 1. The predicted molar refractivity (Wildman–Crippen MR) is 134 cm³/mol. The lowest BCUT2D eigenvalue weighted by molar-refractivity contribution is -0.121. The van der Waals surface area contributed by atoms with Gasteiger partial charge in [-0.1, -0.05) is 12.1 Å². The summed E-state index contributed by atoms with van der Waals surface area (Å²) in [6.45, 7) is -11.7. The number of hydrogen-bond acceptors (Lipinski definition) is 10. The van der Waals surface area contributed by atoms with Crippen molar-refractivity contribution in [1.82, 2.24) is 30.4 Å². The first-order valence-electron chi connectivity index (χ1n) is 15.6. The van der Waals surface area contributed by atoms with Gasteiger partial charge in [0.2, 0.25) is 11.6 Å². The maximum atomic E-state index is 13.9. The Morgan fingerprint density at radius 2 is 1.92 bits per heavy atom. The highest BCUT2D eigenvalue weighted by molar-refractivity contribution is 5.95. The molecule has 1 aromatic carbocycles. The van der Waals surface area contributed by atoms with Crippen LogP contribution in [0, 0.1) is 12.7 Å². The van der Waals surface area contributed by atoms with Crippen molar-refractivity contribution >= 4 is 17.6 Å². The number of amides is 2. The van der Waals surface area contributed by atoms with E-state index in [2.05, 4.69) is 20.5 Å². The molecule has 0 aliphatic rings. The van der Waals surface area contributed by atoms with Gasteiger partial charge in [-0.25, -0.2) is 9.37 Å². The third-order valence-corrected chi connectivity index (χ3v) is 4.94. The van der Waals surface area contributed by atoms with Crippen LogP contribution in [0.3, 0.4) is 0 Å². The number of halogens is 1. The number of rotatable bonds is 12. The number of benzene rings is 1. The van der Waals surface area contributed by atoms with Crippen molar-refractivity contribution in [3.8, 4) is 5.75 Å². The van der Waals surface area contributed by atoms with Crippen LogP contribution in [-0.4, -0.2) is 57.7 Å².